The van der Waals surface area contributed by atoms with Gasteiger partial charge in [-0.05, 0) is 45.6 Å². The zero-order valence-electron chi connectivity index (χ0n) is 16.6. The monoisotopic (exact) mass is 374 g/mol. The van der Waals surface area contributed by atoms with Crippen LogP contribution in [0.2, 0.25) is 0 Å². The lowest BCUT2D eigenvalue weighted by Gasteiger charge is -2.39. The van der Waals surface area contributed by atoms with Crippen molar-refractivity contribution in [2.75, 3.05) is 26.2 Å². The van der Waals surface area contributed by atoms with Crippen LogP contribution >= 0.6 is 0 Å². The molecule has 1 atom stereocenters. The van der Waals surface area contributed by atoms with E-state index in [4.69, 9.17) is 9.47 Å². The Morgan fingerprint density at radius 3 is 2.33 bits per heavy atom. The molecular weight excluding hydrogens is 344 g/mol. The van der Waals surface area contributed by atoms with Gasteiger partial charge in [0.1, 0.15) is 12.2 Å². The van der Waals surface area contributed by atoms with Crippen LogP contribution in [0.3, 0.4) is 0 Å². The highest BCUT2D eigenvalue weighted by Gasteiger charge is 2.45. The highest BCUT2D eigenvalue weighted by atomic mass is 16.6. The summed E-state index contributed by atoms with van der Waals surface area (Å²) >= 11 is 0. The molecule has 3 rings (SSSR count). The van der Waals surface area contributed by atoms with Crippen molar-refractivity contribution < 1.29 is 19.1 Å². The highest BCUT2D eigenvalue weighted by molar-refractivity contribution is 5.69. The maximum atomic E-state index is 12.5. The maximum absolute atomic E-state index is 12.5. The van der Waals surface area contributed by atoms with Crippen LogP contribution in [-0.2, 0) is 16.1 Å². The van der Waals surface area contributed by atoms with Crippen molar-refractivity contribution in [1.29, 1.82) is 0 Å². The van der Waals surface area contributed by atoms with Gasteiger partial charge >= 0.3 is 12.2 Å². The number of rotatable bonds is 2. The summed E-state index contributed by atoms with van der Waals surface area (Å²) < 4.78 is 11.0. The van der Waals surface area contributed by atoms with Crippen LogP contribution < -0.4 is 0 Å². The van der Waals surface area contributed by atoms with Crippen LogP contribution in [-0.4, -0.2) is 53.8 Å². The van der Waals surface area contributed by atoms with Gasteiger partial charge in [0.05, 0.1) is 0 Å². The molecule has 0 aliphatic carbocycles. The Balaban J connectivity index is 1.54. The zero-order valence-corrected chi connectivity index (χ0v) is 16.6. The molecule has 1 spiro atoms. The Kier molecular flexibility index (Phi) is 5.63. The predicted molar refractivity (Wildman–Crippen MR) is 102 cm³/mol. The van der Waals surface area contributed by atoms with Gasteiger partial charge in [-0.25, -0.2) is 9.59 Å². The standard InChI is InChI=1S/C21H30N2O4/c1-20(2,3)27-19(25)23-13-11-21(16-23)10-7-12-22(15-21)18(24)26-14-17-8-5-4-6-9-17/h4-6,8-9H,7,10-16H2,1-3H3. The van der Waals surface area contributed by atoms with Gasteiger partial charge in [-0.1, -0.05) is 30.3 Å². The minimum absolute atomic E-state index is 0.0408. The average molecular weight is 374 g/mol. The van der Waals surface area contributed by atoms with E-state index >= 15 is 0 Å². The molecule has 1 aromatic rings. The molecule has 6 nitrogen and oxygen atoms in total. The lowest BCUT2D eigenvalue weighted by atomic mass is 9.79. The molecule has 148 valence electrons. The molecule has 0 bridgehead atoms. The first-order valence-corrected chi connectivity index (χ1v) is 9.70. The maximum Gasteiger partial charge on any atom is 0.410 e. The fraction of sp³-hybridized carbons (Fsp3) is 0.619. The van der Waals surface area contributed by atoms with Gasteiger partial charge in [-0.2, -0.15) is 0 Å². The number of amides is 2. The lowest BCUT2D eigenvalue weighted by molar-refractivity contribution is 0.0229. The van der Waals surface area contributed by atoms with Crippen LogP contribution in [0, 0.1) is 5.41 Å². The molecule has 1 unspecified atom stereocenters. The van der Waals surface area contributed by atoms with Crippen molar-refractivity contribution in [3.05, 3.63) is 35.9 Å². The lowest BCUT2D eigenvalue weighted by Crippen LogP contribution is -2.48. The average Bonchev–Trinajstić information content (AvgIpc) is 3.02. The molecule has 27 heavy (non-hydrogen) atoms. The SMILES string of the molecule is CC(C)(C)OC(=O)N1CCC2(CCCN(C(=O)OCc3ccccc3)C2)C1. The molecule has 0 saturated carbocycles. The smallest absolute Gasteiger partial charge is 0.410 e. The fourth-order valence-corrected chi connectivity index (χ4v) is 3.92. The van der Waals surface area contributed by atoms with Crippen molar-refractivity contribution in [2.24, 2.45) is 5.41 Å². The first kappa shape index (κ1) is 19.5. The molecule has 2 fully saturated rings. The van der Waals surface area contributed by atoms with E-state index in [1.807, 2.05) is 51.1 Å². The van der Waals surface area contributed by atoms with Crippen molar-refractivity contribution in [1.82, 2.24) is 9.80 Å². The molecule has 2 amide bonds. The summed E-state index contributed by atoms with van der Waals surface area (Å²) in [5.41, 5.74) is 0.447. The van der Waals surface area contributed by atoms with Crippen molar-refractivity contribution in [3.63, 3.8) is 0 Å². The van der Waals surface area contributed by atoms with E-state index in [-0.39, 0.29) is 24.2 Å². The van der Waals surface area contributed by atoms with Gasteiger partial charge in [0, 0.05) is 31.6 Å². The number of piperidine rings is 1. The molecule has 0 N–H and O–H groups in total. The van der Waals surface area contributed by atoms with Crippen molar-refractivity contribution >= 4 is 12.2 Å². The summed E-state index contributed by atoms with van der Waals surface area (Å²) in [6.07, 6.45) is 2.32. The molecule has 1 aromatic carbocycles. The first-order chi connectivity index (χ1) is 12.8. The molecule has 0 radical (unpaired) electrons. The summed E-state index contributed by atoms with van der Waals surface area (Å²) in [5, 5.41) is 0. The largest absolute Gasteiger partial charge is 0.445 e. The third-order valence-electron chi connectivity index (χ3n) is 5.21. The quantitative estimate of drug-likeness (QED) is 0.784. The molecule has 2 aliphatic heterocycles. The first-order valence-electron chi connectivity index (χ1n) is 9.70. The van der Waals surface area contributed by atoms with Gasteiger partial charge in [0.2, 0.25) is 0 Å². The predicted octanol–water partition coefficient (Wildman–Crippen LogP) is 4.05. The molecule has 0 aromatic heterocycles. The highest BCUT2D eigenvalue weighted by Crippen LogP contribution is 2.39. The van der Waals surface area contributed by atoms with E-state index in [2.05, 4.69) is 0 Å². The number of likely N-dealkylation sites (tertiary alicyclic amines) is 2. The molecule has 2 aliphatic rings. The molecule has 2 saturated heterocycles. The summed E-state index contributed by atoms with van der Waals surface area (Å²) in [5.74, 6) is 0. The van der Waals surface area contributed by atoms with Crippen LogP contribution in [0.25, 0.3) is 0 Å². The topological polar surface area (TPSA) is 59.1 Å². The van der Waals surface area contributed by atoms with Gasteiger partial charge in [0.15, 0.2) is 0 Å². The molecule has 2 heterocycles. The minimum atomic E-state index is -0.493. The minimum Gasteiger partial charge on any atom is -0.445 e. The van der Waals surface area contributed by atoms with E-state index in [1.165, 1.54) is 0 Å². The summed E-state index contributed by atoms with van der Waals surface area (Å²) in [7, 11) is 0. The van der Waals surface area contributed by atoms with Crippen LogP contribution in [0.5, 0.6) is 0 Å². The van der Waals surface area contributed by atoms with E-state index < -0.39 is 5.60 Å². The molecule has 6 heteroatoms. The summed E-state index contributed by atoms with van der Waals surface area (Å²) in [4.78, 5) is 28.5. The van der Waals surface area contributed by atoms with E-state index in [1.54, 1.807) is 9.80 Å². The third kappa shape index (κ3) is 5.15. The van der Waals surface area contributed by atoms with Gasteiger partial charge in [-0.3, -0.25) is 0 Å². The third-order valence-corrected chi connectivity index (χ3v) is 5.21. The number of carbonyl (C=O) groups is 2. The second-order valence-corrected chi connectivity index (χ2v) is 8.72. The Hall–Kier alpha value is -2.24. The number of hydrogen-bond donors (Lipinski definition) is 0. The van der Waals surface area contributed by atoms with Crippen molar-refractivity contribution in [2.45, 2.75) is 52.2 Å². The van der Waals surface area contributed by atoms with Crippen LogP contribution in [0.15, 0.2) is 30.3 Å². The van der Waals surface area contributed by atoms with Gasteiger partial charge in [-0.15, -0.1) is 0 Å². The Morgan fingerprint density at radius 2 is 1.67 bits per heavy atom. The number of ether oxygens (including phenoxy) is 2. The summed E-state index contributed by atoms with van der Waals surface area (Å²) in [6.45, 7) is 8.59. The second kappa shape index (κ2) is 7.79. The number of hydrogen-bond acceptors (Lipinski definition) is 4. The number of carbonyl (C=O) groups excluding carboxylic acids is 2. The zero-order chi connectivity index (χ0) is 19.5. The van der Waals surface area contributed by atoms with E-state index in [0.717, 1.165) is 24.8 Å². The van der Waals surface area contributed by atoms with Crippen molar-refractivity contribution in [3.8, 4) is 0 Å². The molecular formula is C21H30N2O4. The number of nitrogens with zero attached hydrogens (tertiary/aromatic N) is 2. The Bertz CT molecular complexity index is 671. The normalized spacial score (nSPS) is 22.8. The van der Waals surface area contributed by atoms with Crippen LogP contribution in [0.4, 0.5) is 9.59 Å². The number of benzene rings is 1. The van der Waals surface area contributed by atoms with E-state index in [9.17, 15) is 9.59 Å². The van der Waals surface area contributed by atoms with Gasteiger partial charge in [0.25, 0.3) is 0 Å². The Labute approximate surface area is 161 Å². The van der Waals surface area contributed by atoms with Crippen LogP contribution in [0.1, 0.15) is 45.6 Å². The fourth-order valence-electron chi connectivity index (χ4n) is 3.92. The second-order valence-electron chi connectivity index (χ2n) is 8.72. The van der Waals surface area contributed by atoms with Gasteiger partial charge < -0.3 is 19.3 Å². The van der Waals surface area contributed by atoms with E-state index in [0.29, 0.717) is 26.2 Å². The summed E-state index contributed by atoms with van der Waals surface area (Å²) in [6, 6.07) is 9.70. The Morgan fingerprint density at radius 1 is 1.00 bits per heavy atom.